The van der Waals surface area contributed by atoms with Crippen LogP contribution in [0.1, 0.15) is 42.7 Å². The monoisotopic (exact) mass is 275 g/mol. The Morgan fingerprint density at radius 1 is 0.952 bits per heavy atom. The summed E-state index contributed by atoms with van der Waals surface area (Å²) in [6.07, 6.45) is 7.04. The summed E-state index contributed by atoms with van der Waals surface area (Å²) in [6, 6.07) is 13.8. The Bertz CT molecular complexity index is 855. The fourth-order valence-electron chi connectivity index (χ4n) is 4.93. The lowest BCUT2D eigenvalue weighted by atomic mass is 9.80. The van der Waals surface area contributed by atoms with Crippen LogP contribution in [0.5, 0.6) is 0 Å². The lowest BCUT2D eigenvalue weighted by molar-refractivity contribution is 0.330. The predicted molar refractivity (Wildman–Crippen MR) is 88.8 cm³/mol. The van der Waals surface area contributed by atoms with Gasteiger partial charge in [0.2, 0.25) is 0 Å². The third-order valence-corrected chi connectivity index (χ3v) is 5.97. The summed E-state index contributed by atoms with van der Waals surface area (Å²) < 4.78 is 2.37. The van der Waals surface area contributed by atoms with Gasteiger partial charge in [0.25, 0.3) is 0 Å². The second kappa shape index (κ2) is 4.13. The molecule has 0 radical (unpaired) electrons. The Morgan fingerprint density at radius 3 is 2.76 bits per heavy atom. The van der Waals surface area contributed by atoms with Crippen molar-refractivity contribution < 1.29 is 0 Å². The van der Waals surface area contributed by atoms with Gasteiger partial charge in [-0.15, -0.1) is 0 Å². The van der Waals surface area contributed by atoms with E-state index in [9.17, 15) is 0 Å². The molecular formula is C20H21N. The summed E-state index contributed by atoms with van der Waals surface area (Å²) in [6.45, 7) is 0. The number of benzene rings is 2. The van der Waals surface area contributed by atoms with E-state index in [1.165, 1.54) is 53.9 Å². The third-order valence-electron chi connectivity index (χ3n) is 5.97. The normalized spacial score (nSPS) is 24.4. The molecule has 0 aliphatic heterocycles. The fraction of sp³-hybridized carbons (Fsp3) is 0.400. The van der Waals surface area contributed by atoms with Gasteiger partial charge in [-0.1, -0.05) is 31.0 Å². The van der Waals surface area contributed by atoms with Crippen LogP contribution in [-0.4, -0.2) is 4.57 Å². The number of aryl methyl sites for hydroxylation is 1. The Labute approximate surface area is 125 Å². The van der Waals surface area contributed by atoms with Crippen molar-refractivity contribution in [2.45, 2.75) is 38.0 Å². The number of hydrogen-bond donors (Lipinski definition) is 0. The minimum Gasteiger partial charge on any atom is -0.344 e. The second-order valence-corrected chi connectivity index (χ2v) is 7.00. The molecular weight excluding hydrogens is 254 g/mol. The smallest absolute Gasteiger partial charge is 0.0491 e. The zero-order valence-corrected chi connectivity index (χ0v) is 12.6. The molecule has 2 aliphatic rings. The molecule has 21 heavy (non-hydrogen) atoms. The van der Waals surface area contributed by atoms with E-state index < -0.39 is 0 Å². The van der Waals surface area contributed by atoms with Gasteiger partial charge in [-0.2, -0.15) is 0 Å². The van der Waals surface area contributed by atoms with E-state index in [0.717, 1.165) is 11.8 Å². The number of para-hydroxylation sites is 1. The van der Waals surface area contributed by atoms with Crippen molar-refractivity contribution in [1.82, 2.24) is 4.57 Å². The van der Waals surface area contributed by atoms with Gasteiger partial charge in [-0.25, -0.2) is 0 Å². The largest absolute Gasteiger partial charge is 0.344 e. The molecule has 2 aliphatic carbocycles. The lowest BCUT2D eigenvalue weighted by Crippen LogP contribution is -2.12. The average molecular weight is 275 g/mol. The first kappa shape index (κ1) is 11.9. The molecule has 1 heterocycles. The molecule has 0 N–H and O–H groups in total. The van der Waals surface area contributed by atoms with Crippen LogP contribution in [0, 0.1) is 5.92 Å². The topological polar surface area (TPSA) is 4.93 Å². The number of hydrogen-bond acceptors (Lipinski definition) is 0. The first-order chi connectivity index (χ1) is 10.3. The van der Waals surface area contributed by atoms with Gasteiger partial charge in [0.15, 0.2) is 0 Å². The van der Waals surface area contributed by atoms with Gasteiger partial charge in [0, 0.05) is 28.9 Å². The summed E-state index contributed by atoms with van der Waals surface area (Å²) in [5.74, 6) is 1.77. The van der Waals surface area contributed by atoms with E-state index >= 15 is 0 Å². The van der Waals surface area contributed by atoms with Crippen LogP contribution < -0.4 is 0 Å². The number of aromatic nitrogens is 1. The standard InChI is InChI=1S/C20H21N/c1-21-19-9-5-4-8-16(19)18-12-17-14(11-20(18)21)10-13-6-2-3-7-15(13)17/h4-5,8-9,11-13,15H,2-3,6-7,10H2,1H3/t13-,15?/m1/s1. The van der Waals surface area contributed by atoms with Crippen LogP contribution in [0.3, 0.4) is 0 Å². The summed E-state index contributed by atoms with van der Waals surface area (Å²) in [7, 11) is 2.21. The summed E-state index contributed by atoms with van der Waals surface area (Å²) in [5.41, 5.74) is 6.07. The Morgan fingerprint density at radius 2 is 1.81 bits per heavy atom. The van der Waals surface area contributed by atoms with E-state index in [0.29, 0.717) is 0 Å². The molecule has 0 amide bonds. The van der Waals surface area contributed by atoms with Crippen molar-refractivity contribution in [3.63, 3.8) is 0 Å². The Kier molecular flexibility index (Phi) is 2.33. The van der Waals surface area contributed by atoms with Gasteiger partial charge >= 0.3 is 0 Å². The number of fused-ring (bicyclic) bond motifs is 6. The highest BCUT2D eigenvalue weighted by Gasteiger charge is 2.34. The predicted octanol–water partition coefficient (Wildman–Crippen LogP) is 5.16. The summed E-state index contributed by atoms with van der Waals surface area (Å²) in [5, 5.41) is 2.87. The van der Waals surface area contributed by atoms with Crippen LogP contribution in [0.15, 0.2) is 36.4 Å². The maximum atomic E-state index is 2.53. The molecule has 3 aromatic rings. The van der Waals surface area contributed by atoms with Gasteiger partial charge in [0.05, 0.1) is 0 Å². The van der Waals surface area contributed by atoms with E-state index in [1.54, 1.807) is 11.1 Å². The molecule has 2 atom stereocenters. The lowest BCUT2D eigenvalue weighted by Gasteiger charge is -2.25. The van der Waals surface area contributed by atoms with Crippen molar-refractivity contribution >= 4 is 21.8 Å². The molecule has 1 heteroatoms. The van der Waals surface area contributed by atoms with E-state index in [4.69, 9.17) is 0 Å². The average Bonchev–Trinajstić information content (AvgIpc) is 3.02. The Balaban J connectivity index is 1.82. The first-order valence-electron chi connectivity index (χ1n) is 8.33. The minimum atomic E-state index is 0.845. The highest BCUT2D eigenvalue weighted by atomic mass is 14.9. The van der Waals surface area contributed by atoms with Gasteiger partial charge in [-0.3, -0.25) is 0 Å². The van der Waals surface area contributed by atoms with Gasteiger partial charge in [0.1, 0.15) is 0 Å². The van der Waals surface area contributed by atoms with Crippen LogP contribution in [0.4, 0.5) is 0 Å². The highest BCUT2D eigenvalue weighted by Crippen LogP contribution is 2.48. The summed E-state index contributed by atoms with van der Waals surface area (Å²) in [4.78, 5) is 0. The molecule has 0 saturated heterocycles. The molecule has 1 aromatic heterocycles. The van der Waals surface area contributed by atoms with Crippen molar-refractivity contribution in [3.05, 3.63) is 47.5 Å². The van der Waals surface area contributed by atoms with Crippen molar-refractivity contribution in [3.8, 4) is 0 Å². The minimum absolute atomic E-state index is 0.845. The molecule has 1 nitrogen and oxygen atoms in total. The molecule has 1 saturated carbocycles. The van der Waals surface area contributed by atoms with Crippen LogP contribution >= 0.6 is 0 Å². The zero-order chi connectivity index (χ0) is 14.0. The fourth-order valence-corrected chi connectivity index (χ4v) is 4.93. The number of nitrogens with zero attached hydrogens (tertiary/aromatic N) is 1. The van der Waals surface area contributed by atoms with Crippen LogP contribution in [0.2, 0.25) is 0 Å². The van der Waals surface area contributed by atoms with E-state index in [1.807, 2.05) is 0 Å². The number of rotatable bonds is 0. The van der Waals surface area contributed by atoms with Crippen molar-refractivity contribution in [1.29, 1.82) is 0 Å². The molecule has 0 spiro atoms. The quantitative estimate of drug-likeness (QED) is 0.534. The molecule has 2 aromatic carbocycles. The second-order valence-electron chi connectivity index (χ2n) is 7.00. The third kappa shape index (κ3) is 1.52. The molecule has 1 fully saturated rings. The van der Waals surface area contributed by atoms with Crippen molar-refractivity contribution in [2.24, 2.45) is 13.0 Å². The van der Waals surface area contributed by atoms with Crippen LogP contribution in [0.25, 0.3) is 21.8 Å². The maximum absolute atomic E-state index is 2.53. The SMILES string of the molecule is Cn1c2ccccc2c2cc3c(cc21)C[C@H]1CCCCC31. The van der Waals surface area contributed by atoms with E-state index in [2.05, 4.69) is 48.0 Å². The molecule has 106 valence electrons. The molecule has 0 bridgehead atoms. The zero-order valence-electron chi connectivity index (χ0n) is 12.6. The highest BCUT2D eigenvalue weighted by molar-refractivity contribution is 6.08. The van der Waals surface area contributed by atoms with Gasteiger partial charge < -0.3 is 4.57 Å². The Hall–Kier alpha value is -1.76. The summed E-state index contributed by atoms with van der Waals surface area (Å²) >= 11 is 0. The first-order valence-corrected chi connectivity index (χ1v) is 8.33. The van der Waals surface area contributed by atoms with E-state index in [-0.39, 0.29) is 0 Å². The molecule has 1 unspecified atom stereocenters. The molecule has 5 rings (SSSR count). The maximum Gasteiger partial charge on any atom is 0.0491 e. The van der Waals surface area contributed by atoms with Crippen molar-refractivity contribution in [2.75, 3.05) is 0 Å². The van der Waals surface area contributed by atoms with Gasteiger partial charge in [-0.05, 0) is 60.4 Å². The van der Waals surface area contributed by atoms with Crippen LogP contribution in [-0.2, 0) is 13.5 Å².